The summed E-state index contributed by atoms with van der Waals surface area (Å²) in [6.07, 6.45) is 17.6. The first-order valence-corrected chi connectivity index (χ1v) is 27.0. The molecule has 5 spiro atoms. The number of ketones is 1. The van der Waals surface area contributed by atoms with Gasteiger partial charge in [0.25, 0.3) is 0 Å². The number of aliphatic hydroxyl groups excluding tert-OH is 3. The highest BCUT2D eigenvalue weighted by Crippen LogP contribution is 2.89. The highest BCUT2D eigenvalue weighted by molar-refractivity contribution is 5.94. The normalized spacial score (nSPS) is 54.8. The van der Waals surface area contributed by atoms with Gasteiger partial charge in [-0.1, -0.05) is 58.4 Å². The van der Waals surface area contributed by atoms with Crippen molar-refractivity contribution in [2.75, 3.05) is 26.4 Å². The lowest BCUT2D eigenvalue weighted by atomic mass is 9.32. The zero-order valence-electron chi connectivity index (χ0n) is 40.5. The van der Waals surface area contributed by atoms with Gasteiger partial charge < -0.3 is 43.6 Å². The van der Waals surface area contributed by atoms with Crippen LogP contribution in [0.4, 0.5) is 0 Å². The summed E-state index contributed by atoms with van der Waals surface area (Å²) in [5.74, 6) is -0.971. The van der Waals surface area contributed by atoms with Crippen LogP contribution >= 0.6 is 0 Å². The fraction of sp³-hybridized carbons (Fsp3) is 0.768. The zero-order valence-corrected chi connectivity index (χ0v) is 40.5. The lowest BCUT2D eigenvalue weighted by Crippen LogP contribution is -2.80. The molecule has 15 rings (SSSR count). The number of carbonyl (C=O) groups excluding carboxylic acids is 3. The number of cyclic esters (lactones) is 2. The van der Waals surface area contributed by atoms with Gasteiger partial charge in [0.15, 0.2) is 11.9 Å². The molecule has 23 unspecified atom stereocenters. The summed E-state index contributed by atoms with van der Waals surface area (Å²) in [6, 6.07) is 2.38. The van der Waals surface area contributed by atoms with Crippen LogP contribution in [0, 0.1) is 92.7 Å². The van der Waals surface area contributed by atoms with E-state index in [1.807, 2.05) is 13.0 Å². The highest BCUT2D eigenvalue weighted by Gasteiger charge is 2.97. The van der Waals surface area contributed by atoms with Crippen LogP contribution in [0.3, 0.4) is 0 Å². The second kappa shape index (κ2) is 13.6. The van der Waals surface area contributed by atoms with Gasteiger partial charge >= 0.3 is 11.9 Å². The molecule has 1 aromatic rings. The Morgan fingerprint density at radius 3 is 2.71 bits per heavy atom. The van der Waals surface area contributed by atoms with Gasteiger partial charge in [0.1, 0.15) is 35.8 Å². The molecule has 6 saturated carbocycles. The summed E-state index contributed by atoms with van der Waals surface area (Å²) in [5.41, 5.74) is -5.17. The second-order valence-electron chi connectivity index (χ2n) is 26.1. The third-order valence-electron chi connectivity index (χ3n) is 23.9. The van der Waals surface area contributed by atoms with Crippen molar-refractivity contribution in [3.8, 4) is 0 Å². The Morgan fingerprint density at radius 2 is 1.88 bits per heavy atom. The zero-order chi connectivity index (χ0) is 47.2. The number of Topliss-reactive ketones (excluding diaryl/α,β-unsaturated/α-hetero) is 1. The van der Waals surface area contributed by atoms with E-state index in [1.165, 1.54) is 5.57 Å². The number of carbonyl (C=O) groups is 3. The first-order valence-electron chi connectivity index (χ1n) is 27.0. The predicted octanol–water partition coefficient (Wildman–Crippen LogP) is 5.58. The molecular weight excluding hydrogens is 877 g/mol. The number of furan rings is 1. The van der Waals surface area contributed by atoms with E-state index >= 15 is 9.59 Å². The quantitative estimate of drug-likeness (QED) is 0.152. The third-order valence-corrected chi connectivity index (χ3v) is 23.9. The minimum atomic E-state index is -1.49. The molecule has 69 heavy (non-hydrogen) atoms. The summed E-state index contributed by atoms with van der Waals surface area (Å²) in [5, 5.41) is 39.3. The average molecular weight is 947 g/mol. The Hall–Kier alpha value is -3.33. The molecule has 0 radical (unpaired) electrons. The molecule has 0 aromatic carbocycles. The van der Waals surface area contributed by atoms with Crippen molar-refractivity contribution in [2.24, 2.45) is 92.7 Å². The van der Waals surface area contributed by atoms with Gasteiger partial charge in [0, 0.05) is 41.3 Å². The van der Waals surface area contributed by atoms with Gasteiger partial charge in [0.2, 0.25) is 0 Å². The Bertz CT molecular complexity index is 2550. The molecule has 5 bridgehead atoms. The largest absolute Gasteiger partial charge is 0.469 e. The number of hydrogen-bond donors (Lipinski definition) is 4. The van der Waals surface area contributed by atoms with E-state index in [9.17, 15) is 20.1 Å². The maximum absolute atomic E-state index is 16.3. The van der Waals surface area contributed by atoms with Crippen LogP contribution in [-0.2, 0) is 39.8 Å². The van der Waals surface area contributed by atoms with Crippen LogP contribution in [0.2, 0.25) is 0 Å². The first kappa shape index (κ1) is 43.3. The SMILES string of the molecule is CC(C)C1C=CCC23OC45C(=CC12)CC1CCCC12CC1CC6(C)C(c7ccoc7CC(C(O)CO)C7CCC8C(C=CN9CNCC89)C7)OC(=O)C7OC76C6(C)C(O)C(=O)C3C4(COC(=O)C25)C16. The Kier molecular flexibility index (Phi) is 8.55. The maximum atomic E-state index is 16.3. The predicted molar refractivity (Wildman–Crippen MR) is 246 cm³/mol. The molecule has 1 aromatic heterocycles. The molecule has 370 valence electrons. The summed E-state index contributed by atoms with van der Waals surface area (Å²) in [6.45, 7) is 10.2. The molecule has 0 amide bonds. The van der Waals surface area contributed by atoms with Gasteiger partial charge in [-0.3, -0.25) is 14.9 Å². The molecule has 11 fully saturated rings. The van der Waals surface area contributed by atoms with Gasteiger partial charge in [-0.05, 0) is 134 Å². The lowest BCUT2D eigenvalue weighted by Gasteiger charge is -2.70. The third kappa shape index (κ3) is 4.61. The van der Waals surface area contributed by atoms with Crippen molar-refractivity contribution in [3.63, 3.8) is 0 Å². The highest BCUT2D eigenvalue weighted by atomic mass is 16.7. The number of allylic oxidation sites excluding steroid dienone is 2. The lowest BCUT2D eigenvalue weighted by molar-refractivity contribution is -0.281. The fourth-order valence-corrected chi connectivity index (χ4v) is 21.9. The maximum Gasteiger partial charge on any atom is 0.339 e. The van der Waals surface area contributed by atoms with Crippen molar-refractivity contribution >= 4 is 17.7 Å². The molecule has 13 nitrogen and oxygen atoms in total. The van der Waals surface area contributed by atoms with E-state index in [2.05, 4.69) is 61.5 Å². The van der Waals surface area contributed by atoms with E-state index < -0.39 is 86.6 Å². The molecule has 23 atom stereocenters. The van der Waals surface area contributed by atoms with Gasteiger partial charge in [-0.25, -0.2) is 4.79 Å². The van der Waals surface area contributed by atoms with Crippen LogP contribution in [-0.4, -0.2) is 106 Å². The van der Waals surface area contributed by atoms with E-state index in [4.69, 9.17) is 23.4 Å². The molecule has 14 aliphatic rings. The van der Waals surface area contributed by atoms with Crippen LogP contribution in [0.25, 0.3) is 0 Å². The second-order valence-corrected chi connectivity index (χ2v) is 26.1. The molecule has 8 heterocycles. The Labute approximate surface area is 404 Å². The number of nitrogens with zero attached hydrogens (tertiary/aromatic N) is 1. The first-order chi connectivity index (χ1) is 33.2. The van der Waals surface area contributed by atoms with Crippen molar-refractivity contribution in [2.45, 2.75) is 146 Å². The summed E-state index contributed by atoms with van der Waals surface area (Å²) in [7, 11) is 0. The number of hydrogen-bond acceptors (Lipinski definition) is 13. The molecule has 4 N–H and O–H groups in total. The Morgan fingerprint density at radius 1 is 1.03 bits per heavy atom. The summed E-state index contributed by atoms with van der Waals surface area (Å²) >= 11 is 0. The van der Waals surface area contributed by atoms with Gasteiger partial charge in [-0.2, -0.15) is 0 Å². The van der Waals surface area contributed by atoms with Crippen LogP contribution < -0.4 is 5.32 Å². The van der Waals surface area contributed by atoms with Crippen molar-refractivity contribution in [1.82, 2.24) is 10.2 Å². The van der Waals surface area contributed by atoms with Crippen LogP contribution in [0.15, 0.2) is 52.8 Å². The fourth-order valence-electron chi connectivity index (χ4n) is 21.9. The average Bonchev–Trinajstić information content (AvgIpc) is 3.62. The number of esters is 2. The monoisotopic (exact) mass is 946 g/mol. The van der Waals surface area contributed by atoms with Crippen molar-refractivity contribution < 1.29 is 53.1 Å². The number of nitrogens with one attached hydrogen (secondary N) is 1. The minimum Gasteiger partial charge on any atom is -0.469 e. The molecular formula is C56H70N2O11. The van der Waals surface area contributed by atoms with Crippen molar-refractivity contribution in [3.05, 3.63) is 59.7 Å². The van der Waals surface area contributed by atoms with Gasteiger partial charge in [-0.15, -0.1) is 0 Å². The molecule has 7 aliphatic heterocycles. The topological polar surface area (TPSA) is 181 Å². The standard InChI is InChI=1S/C56H70N2O11/c1-27(2)33-8-6-14-54-37(33)19-32-18-31-7-5-13-52(31)22-30-21-50(3)46(35-12-16-65-40(35)20-36(39(60)24-59)28-9-10-34-29(17-28)11-15-58-26-57-23-38(34)58)67-49(64)47-56(50,68-47)51(4)42(30)53(43(54)41(61)45(51)62)25-66-48(63)44(52)55(32,53)69-54/h6,8,11-12,15-16,19,27-31,33-34,36-39,42-47,57,59-60,62H,5,7,9-10,13-14,17-18,20-26H2,1-4H3. The van der Waals surface area contributed by atoms with Crippen LogP contribution in [0.5, 0.6) is 0 Å². The summed E-state index contributed by atoms with van der Waals surface area (Å²) < 4.78 is 35.0. The Balaban J connectivity index is 0.872. The molecule has 5 saturated heterocycles. The van der Waals surface area contributed by atoms with E-state index in [1.54, 1.807) is 6.26 Å². The van der Waals surface area contributed by atoms with E-state index in [-0.39, 0.29) is 66.4 Å². The minimum absolute atomic E-state index is 0.0327. The number of fused-ring (bicyclic) bond motifs is 3. The number of epoxide rings is 1. The van der Waals surface area contributed by atoms with Crippen molar-refractivity contribution in [1.29, 1.82) is 0 Å². The van der Waals surface area contributed by atoms with E-state index in [0.29, 0.717) is 48.5 Å². The smallest absolute Gasteiger partial charge is 0.339 e. The molecule has 13 heteroatoms. The van der Waals surface area contributed by atoms with Crippen LogP contribution in [0.1, 0.15) is 109 Å². The number of aliphatic hydroxyl groups is 3. The van der Waals surface area contributed by atoms with E-state index in [0.717, 1.165) is 64.6 Å². The molecule has 7 aliphatic carbocycles. The summed E-state index contributed by atoms with van der Waals surface area (Å²) in [4.78, 5) is 48.6. The number of ether oxygens (including phenoxy) is 4. The number of rotatable bonds is 7. The van der Waals surface area contributed by atoms with Gasteiger partial charge in [0.05, 0.1) is 48.5 Å².